The molecule has 1 aromatic heterocycles. The van der Waals surface area contributed by atoms with Crippen molar-refractivity contribution in [1.82, 2.24) is 20.0 Å². The summed E-state index contributed by atoms with van der Waals surface area (Å²) in [7, 11) is 3.60. The average molecular weight is 390 g/mol. The summed E-state index contributed by atoms with van der Waals surface area (Å²) in [6.07, 6.45) is 2.87. The third kappa shape index (κ3) is 4.03. The number of carbonyl (C=O) groups excluding carboxylic acids is 1. The second-order valence-electron chi connectivity index (χ2n) is 7.36. The number of carbonyl (C=O) groups is 1. The number of likely N-dealkylation sites (tertiary alicyclic amines) is 1. The van der Waals surface area contributed by atoms with Gasteiger partial charge in [-0.1, -0.05) is 18.2 Å². The van der Waals surface area contributed by atoms with Crippen LogP contribution in [0.2, 0.25) is 0 Å². The summed E-state index contributed by atoms with van der Waals surface area (Å²) in [6, 6.07) is 17.5. The van der Waals surface area contributed by atoms with Crippen molar-refractivity contribution in [1.29, 1.82) is 0 Å². The van der Waals surface area contributed by atoms with E-state index in [9.17, 15) is 4.79 Å². The average Bonchev–Trinajstić information content (AvgIpc) is 3.42. The fourth-order valence-corrected chi connectivity index (χ4v) is 3.85. The molecular formula is C23H26N4O2. The normalized spacial score (nSPS) is 16.2. The first-order valence-corrected chi connectivity index (χ1v) is 9.93. The Morgan fingerprint density at radius 3 is 2.62 bits per heavy atom. The SMILES string of the molecule is CNCC1CCN(C(=O)c2cn(-c3ccccc3)nc2-c2ccc(OC)cc2)C1. The zero-order valence-electron chi connectivity index (χ0n) is 16.8. The van der Waals surface area contributed by atoms with Crippen molar-refractivity contribution in [2.24, 2.45) is 5.92 Å². The van der Waals surface area contributed by atoms with Crippen LogP contribution in [0.5, 0.6) is 5.75 Å². The largest absolute Gasteiger partial charge is 0.497 e. The van der Waals surface area contributed by atoms with Crippen LogP contribution in [0.4, 0.5) is 0 Å². The van der Waals surface area contributed by atoms with Crippen LogP contribution in [0.25, 0.3) is 16.9 Å². The molecule has 1 amide bonds. The Balaban J connectivity index is 1.71. The molecule has 6 nitrogen and oxygen atoms in total. The monoisotopic (exact) mass is 390 g/mol. The van der Waals surface area contributed by atoms with Crippen molar-refractivity contribution in [2.75, 3.05) is 33.8 Å². The van der Waals surface area contributed by atoms with Gasteiger partial charge in [-0.3, -0.25) is 4.79 Å². The van der Waals surface area contributed by atoms with E-state index in [1.165, 1.54) is 0 Å². The van der Waals surface area contributed by atoms with Gasteiger partial charge in [-0.25, -0.2) is 4.68 Å². The molecule has 6 heteroatoms. The van der Waals surface area contributed by atoms with Crippen molar-refractivity contribution < 1.29 is 9.53 Å². The minimum absolute atomic E-state index is 0.0385. The lowest BCUT2D eigenvalue weighted by molar-refractivity contribution is 0.0788. The van der Waals surface area contributed by atoms with E-state index < -0.39 is 0 Å². The number of benzene rings is 2. The zero-order chi connectivity index (χ0) is 20.2. The molecule has 0 aliphatic carbocycles. The van der Waals surface area contributed by atoms with Gasteiger partial charge in [0.25, 0.3) is 5.91 Å². The minimum Gasteiger partial charge on any atom is -0.497 e. The molecule has 1 N–H and O–H groups in total. The molecule has 0 spiro atoms. The number of ether oxygens (including phenoxy) is 1. The maximum Gasteiger partial charge on any atom is 0.257 e. The summed E-state index contributed by atoms with van der Waals surface area (Å²) in [6.45, 7) is 2.49. The predicted octanol–water partition coefficient (Wildman–Crippen LogP) is 3.23. The van der Waals surface area contributed by atoms with Gasteiger partial charge in [0.2, 0.25) is 0 Å². The Bertz CT molecular complexity index is 966. The summed E-state index contributed by atoms with van der Waals surface area (Å²) in [5.41, 5.74) is 3.15. The van der Waals surface area contributed by atoms with Crippen LogP contribution in [0.15, 0.2) is 60.8 Å². The fraction of sp³-hybridized carbons (Fsp3) is 0.304. The van der Waals surface area contributed by atoms with Gasteiger partial charge in [-0.2, -0.15) is 5.10 Å². The van der Waals surface area contributed by atoms with Crippen LogP contribution < -0.4 is 10.1 Å². The van der Waals surface area contributed by atoms with Crippen LogP contribution in [-0.2, 0) is 0 Å². The van der Waals surface area contributed by atoms with E-state index in [4.69, 9.17) is 9.84 Å². The topological polar surface area (TPSA) is 59.4 Å². The number of para-hydroxylation sites is 1. The number of hydrogen-bond donors (Lipinski definition) is 1. The lowest BCUT2D eigenvalue weighted by Crippen LogP contribution is -2.30. The van der Waals surface area contributed by atoms with E-state index in [1.807, 2.05) is 72.7 Å². The summed E-state index contributed by atoms with van der Waals surface area (Å²) >= 11 is 0. The standard InChI is InChI=1S/C23H26N4O2/c1-24-14-17-12-13-26(15-17)23(28)21-16-27(19-6-4-3-5-7-19)25-22(21)18-8-10-20(29-2)11-9-18/h3-11,16-17,24H,12-15H2,1-2H3. The predicted molar refractivity (Wildman–Crippen MR) is 113 cm³/mol. The Morgan fingerprint density at radius 2 is 1.93 bits per heavy atom. The summed E-state index contributed by atoms with van der Waals surface area (Å²) in [4.78, 5) is 15.3. The number of nitrogens with one attached hydrogen (secondary N) is 1. The van der Waals surface area contributed by atoms with Crippen molar-refractivity contribution in [2.45, 2.75) is 6.42 Å². The van der Waals surface area contributed by atoms with Crippen molar-refractivity contribution >= 4 is 5.91 Å². The van der Waals surface area contributed by atoms with Gasteiger partial charge in [0.15, 0.2) is 0 Å². The highest BCUT2D eigenvalue weighted by atomic mass is 16.5. The first-order valence-electron chi connectivity index (χ1n) is 9.93. The highest BCUT2D eigenvalue weighted by Crippen LogP contribution is 2.28. The van der Waals surface area contributed by atoms with E-state index in [1.54, 1.807) is 11.8 Å². The molecule has 29 heavy (non-hydrogen) atoms. The number of rotatable bonds is 6. The maximum absolute atomic E-state index is 13.4. The molecular weight excluding hydrogens is 364 g/mol. The van der Waals surface area contributed by atoms with Crippen LogP contribution >= 0.6 is 0 Å². The molecule has 1 fully saturated rings. The van der Waals surface area contributed by atoms with Gasteiger partial charge in [0.05, 0.1) is 18.4 Å². The molecule has 1 aliphatic rings. The quantitative estimate of drug-likeness (QED) is 0.702. The number of methoxy groups -OCH3 is 1. The lowest BCUT2D eigenvalue weighted by Gasteiger charge is -2.16. The molecule has 1 saturated heterocycles. The number of hydrogen-bond acceptors (Lipinski definition) is 4. The third-order valence-electron chi connectivity index (χ3n) is 5.39. The van der Waals surface area contributed by atoms with Crippen LogP contribution in [0, 0.1) is 5.92 Å². The molecule has 0 saturated carbocycles. The molecule has 1 aliphatic heterocycles. The second kappa shape index (κ2) is 8.49. The maximum atomic E-state index is 13.4. The van der Waals surface area contributed by atoms with Crippen LogP contribution in [0.3, 0.4) is 0 Å². The van der Waals surface area contributed by atoms with Gasteiger partial charge in [0.1, 0.15) is 11.4 Å². The molecule has 1 atom stereocenters. The second-order valence-corrected chi connectivity index (χ2v) is 7.36. The lowest BCUT2D eigenvalue weighted by atomic mass is 10.1. The number of nitrogens with zero attached hydrogens (tertiary/aromatic N) is 3. The number of aromatic nitrogens is 2. The van der Waals surface area contributed by atoms with Gasteiger partial charge in [-0.05, 0) is 62.3 Å². The molecule has 3 aromatic rings. The summed E-state index contributed by atoms with van der Waals surface area (Å²) in [5, 5.41) is 7.99. The van der Waals surface area contributed by atoms with Gasteiger partial charge < -0.3 is 15.0 Å². The Hall–Kier alpha value is -3.12. The Kier molecular flexibility index (Phi) is 5.62. The van der Waals surface area contributed by atoms with Crippen molar-refractivity contribution in [3.63, 3.8) is 0 Å². The smallest absolute Gasteiger partial charge is 0.257 e. The van der Waals surface area contributed by atoms with Crippen molar-refractivity contribution in [3.05, 3.63) is 66.4 Å². The summed E-state index contributed by atoms with van der Waals surface area (Å²) in [5.74, 6) is 1.31. The van der Waals surface area contributed by atoms with Gasteiger partial charge in [-0.15, -0.1) is 0 Å². The Labute approximate surface area is 171 Å². The van der Waals surface area contributed by atoms with Crippen LogP contribution in [0.1, 0.15) is 16.8 Å². The van der Waals surface area contributed by atoms with E-state index in [2.05, 4.69) is 5.32 Å². The first-order chi connectivity index (χ1) is 14.2. The highest BCUT2D eigenvalue weighted by molar-refractivity contribution is 6.00. The van der Waals surface area contributed by atoms with Crippen molar-refractivity contribution in [3.8, 4) is 22.7 Å². The highest BCUT2D eigenvalue weighted by Gasteiger charge is 2.29. The van der Waals surface area contributed by atoms with Gasteiger partial charge in [0, 0.05) is 24.8 Å². The minimum atomic E-state index is 0.0385. The molecule has 0 radical (unpaired) electrons. The molecule has 1 unspecified atom stereocenters. The zero-order valence-corrected chi connectivity index (χ0v) is 16.8. The third-order valence-corrected chi connectivity index (χ3v) is 5.39. The van der Waals surface area contributed by atoms with E-state index in [0.717, 1.165) is 43.1 Å². The van der Waals surface area contributed by atoms with E-state index >= 15 is 0 Å². The van der Waals surface area contributed by atoms with E-state index in [0.29, 0.717) is 17.2 Å². The molecule has 0 bridgehead atoms. The Morgan fingerprint density at radius 1 is 1.17 bits per heavy atom. The molecule has 4 rings (SSSR count). The number of amides is 1. The molecule has 150 valence electrons. The summed E-state index contributed by atoms with van der Waals surface area (Å²) < 4.78 is 7.05. The molecule has 2 heterocycles. The van der Waals surface area contributed by atoms with Gasteiger partial charge >= 0.3 is 0 Å². The molecule has 2 aromatic carbocycles. The van der Waals surface area contributed by atoms with Crippen LogP contribution in [-0.4, -0.2) is 54.4 Å². The van der Waals surface area contributed by atoms with E-state index in [-0.39, 0.29) is 5.91 Å². The first kappa shape index (κ1) is 19.2. The fourth-order valence-electron chi connectivity index (χ4n) is 3.85.